The van der Waals surface area contributed by atoms with Crippen LogP contribution in [0.4, 0.5) is 0 Å². The highest BCUT2D eigenvalue weighted by molar-refractivity contribution is 5.76. The van der Waals surface area contributed by atoms with Crippen LogP contribution in [-0.4, -0.2) is 74.2 Å². The van der Waals surface area contributed by atoms with Gasteiger partial charge in [-0.1, -0.05) is 0 Å². The summed E-state index contributed by atoms with van der Waals surface area (Å²) in [4.78, 5) is 25.7. The Bertz CT molecular complexity index is 736. The third kappa shape index (κ3) is 5.38. The largest absolute Gasteiger partial charge is 0.342 e. The molecule has 0 saturated carbocycles. The van der Waals surface area contributed by atoms with Crippen molar-refractivity contribution in [3.05, 3.63) is 29.9 Å². The first-order chi connectivity index (χ1) is 13.0. The zero-order valence-corrected chi connectivity index (χ0v) is 16.7. The van der Waals surface area contributed by atoms with Crippen LogP contribution < -0.4 is 0 Å². The number of hydrogen-bond donors (Lipinski definition) is 1. The second-order valence-corrected chi connectivity index (χ2v) is 7.65. The summed E-state index contributed by atoms with van der Waals surface area (Å²) in [6.45, 7) is 5.50. The van der Waals surface area contributed by atoms with E-state index in [-0.39, 0.29) is 5.91 Å². The fourth-order valence-corrected chi connectivity index (χ4v) is 3.72. The minimum Gasteiger partial charge on any atom is -0.342 e. The van der Waals surface area contributed by atoms with Crippen molar-refractivity contribution in [3.8, 4) is 0 Å². The Labute approximate surface area is 161 Å². The molecule has 1 saturated heterocycles. The van der Waals surface area contributed by atoms with Crippen LogP contribution in [0.25, 0.3) is 0 Å². The van der Waals surface area contributed by atoms with E-state index in [0.29, 0.717) is 24.6 Å². The highest BCUT2D eigenvalue weighted by Gasteiger charge is 2.27. The normalized spacial score (nSPS) is 17.6. The van der Waals surface area contributed by atoms with Gasteiger partial charge in [0.1, 0.15) is 11.6 Å². The lowest BCUT2D eigenvalue weighted by Crippen LogP contribution is -2.40. The van der Waals surface area contributed by atoms with Crippen LogP contribution in [0.5, 0.6) is 0 Å². The van der Waals surface area contributed by atoms with Crippen LogP contribution in [0, 0.1) is 6.92 Å². The molecule has 148 valence electrons. The molecule has 2 aromatic heterocycles. The quantitative estimate of drug-likeness (QED) is 0.760. The Morgan fingerprint density at radius 3 is 3.00 bits per heavy atom. The van der Waals surface area contributed by atoms with Crippen LogP contribution in [0.1, 0.15) is 49.1 Å². The fourth-order valence-electron chi connectivity index (χ4n) is 3.72. The van der Waals surface area contributed by atoms with Crippen LogP contribution in [0.15, 0.2) is 12.4 Å². The molecular formula is C19H31N7O. The van der Waals surface area contributed by atoms with E-state index < -0.39 is 0 Å². The molecule has 8 heteroatoms. The molecule has 2 aromatic rings. The van der Waals surface area contributed by atoms with Gasteiger partial charge in [-0.2, -0.15) is 5.10 Å². The van der Waals surface area contributed by atoms with E-state index in [9.17, 15) is 4.79 Å². The number of likely N-dealkylation sites (tertiary alicyclic amines) is 1. The van der Waals surface area contributed by atoms with Crippen molar-refractivity contribution < 1.29 is 4.79 Å². The monoisotopic (exact) mass is 373 g/mol. The Morgan fingerprint density at radius 2 is 2.26 bits per heavy atom. The third-order valence-corrected chi connectivity index (χ3v) is 5.10. The first-order valence-electron chi connectivity index (χ1n) is 9.84. The summed E-state index contributed by atoms with van der Waals surface area (Å²) in [5, 5.41) is 6.94. The predicted octanol–water partition coefficient (Wildman–Crippen LogP) is 1.60. The number of hydrogen-bond acceptors (Lipinski definition) is 5. The molecule has 1 amide bonds. The summed E-state index contributed by atoms with van der Waals surface area (Å²) in [5.41, 5.74) is 0. The van der Waals surface area contributed by atoms with Crippen LogP contribution in [0.3, 0.4) is 0 Å². The lowest BCUT2D eigenvalue weighted by Gasteiger charge is -2.32. The van der Waals surface area contributed by atoms with Crippen molar-refractivity contribution in [2.75, 3.05) is 33.7 Å². The van der Waals surface area contributed by atoms with Crippen molar-refractivity contribution in [1.82, 2.24) is 34.5 Å². The molecule has 3 rings (SSSR count). The van der Waals surface area contributed by atoms with E-state index in [0.717, 1.165) is 57.1 Å². The molecule has 1 aliphatic rings. The van der Waals surface area contributed by atoms with Gasteiger partial charge in [0.2, 0.25) is 5.91 Å². The van der Waals surface area contributed by atoms with Gasteiger partial charge in [-0.05, 0) is 46.8 Å². The average molecular weight is 374 g/mol. The number of H-pyrrole nitrogens is 1. The van der Waals surface area contributed by atoms with Crippen molar-refractivity contribution in [1.29, 1.82) is 0 Å². The minimum absolute atomic E-state index is 0.188. The molecule has 0 bridgehead atoms. The lowest BCUT2D eigenvalue weighted by atomic mass is 9.96. The second kappa shape index (κ2) is 9.12. The summed E-state index contributed by atoms with van der Waals surface area (Å²) in [6.07, 6.45) is 8.22. The zero-order chi connectivity index (χ0) is 19.2. The van der Waals surface area contributed by atoms with Gasteiger partial charge < -0.3 is 14.4 Å². The second-order valence-electron chi connectivity index (χ2n) is 7.65. The SMILES string of the molecule is Cc1nc(CCC(=O)N2CCCC(c3nccn3CCCN(C)C)C2)n[nH]1. The Balaban J connectivity index is 1.54. The lowest BCUT2D eigenvalue weighted by molar-refractivity contribution is -0.132. The molecule has 0 aliphatic carbocycles. The number of carbonyl (C=O) groups excluding carboxylic acids is 1. The van der Waals surface area contributed by atoms with Crippen molar-refractivity contribution in [2.45, 2.75) is 51.5 Å². The smallest absolute Gasteiger partial charge is 0.223 e. The van der Waals surface area contributed by atoms with E-state index in [1.165, 1.54) is 0 Å². The fraction of sp³-hybridized carbons (Fsp3) is 0.684. The number of aryl methyl sites for hydroxylation is 3. The number of nitrogens with zero attached hydrogens (tertiary/aromatic N) is 6. The average Bonchev–Trinajstić information content (AvgIpc) is 3.28. The van der Waals surface area contributed by atoms with Crippen molar-refractivity contribution >= 4 is 5.91 Å². The molecule has 0 radical (unpaired) electrons. The first-order valence-corrected chi connectivity index (χ1v) is 9.84. The van der Waals surface area contributed by atoms with Crippen LogP contribution >= 0.6 is 0 Å². The molecule has 1 unspecified atom stereocenters. The molecule has 1 N–H and O–H groups in total. The molecule has 1 fully saturated rings. The number of aromatic amines is 1. The molecule has 8 nitrogen and oxygen atoms in total. The number of rotatable bonds is 8. The maximum atomic E-state index is 12.7. The van der Waals surface area contributed by atoms with Gasteiger partial charge in [0.15, 0.2) is 5.82 Å². The van der Waals surface area contributed by atoms with E-state index >= 15 is 0 Å². The van der Waals surface area contributed by atoms with Crippen LogP contribution in [-0.2, 0) is 17.8 Å². The Morgan fingerprint density at radius 1 is 1.41 bits per heavy atom. The van der Waals surface area contributed by atoms with Gasteiger partial charge in [0.25, 0.3) is 0 Å². The summed E-state index contributed by atoms with van der Waals surface area (Å²) < 4.78 is 2.26. The minimum atomic E-state index is 0.188. The Kier molecular flexibility index (Phi) is 6.60. The predicted molar refractivity (Wildman–Crippen MR) is 103 cm³/mol. The standard InChI is InChI=1S/C19H31N7O/c1-15-21-17(23-22-15)7-8-18(27)26-11-4-6-16(14-26)19-20-9-13-25(19)12-5-10-24(2)3/h9,13,16H,4-8,10-12,14H2,1-3H3,(H,21,22,23). The van der Waals surface area contributed by atoms with Gasteiger partial charge in [-0.15, -0.1) is 0 Å². The number of amides is 1. The number of carbonyl (C=O) groups is 1. The maximum Gasteiger partial charge on any atom is 0.223 e. The van der Waals surface area contributed by atoms with Gasteiger partial charge in [0.05, 0.1) is 0 Å². The molecule has 27 heavy (non-hydrogen) atoms. The van der Waals surface area contributed by atoms with E-state index in [2.05, 4.69) is 49.9 Å². The van der Waals surface area contributed by atoms with Crippen molar-refractivity contribution in [2.24, 2.45) is 0 Å². The van der Waals surface area contributed by atoms with Gasteiger partial charge in [0, 0.05) is 50.8 Å². The third-order valence-electron chi connectivity index (χ3n) is 5.10. The Hall–Kier alpha value is -2.22. The van der Waals surface area contributed by atoms with E-state index in [1.54, 1.807) is 0 Å². The summed E-state index contributed by atoms with van der Waals surface area (Å²) in [6, 6.07) is 0. The topological polar surface area (TPSA) is 82.9 Å². The maximum absolute atomic E-state index is 12.7. The summed E-state index contributed by atoms with van der Waals surface area (Å²) >= 11 is 0. The van der Waals surface area contributed by atoms with Gasteiger partial charge in [-0.25, -0.2) is 9.97 Å². The molecule has 3 heterocycles. The molecule has 1 atom stereocenters. The molecule has 0 spiro atoms. The van der Waals surface area contributed by atoms with Gasteiger partial charge in [-0.3, -0.25) is 9.89 Å². The summed E-state index contributed by atoms with van der Waals surface area (Å²) in [7, 11) is 4.19. The molecule has 1 aliphatic heterocycles. The number of piperidine rings is 1. The number of nitrogens with one attached hydrogen (secondary N) is 1. The first kappa shape index (κ1) is 19.5. The van der Waals surface area contributed by atoms with Gasteiger partial charge >= 0.3 is 0 Å². The molecular weight excluding hydrogens is 342 g/mol. The van der Waals surface area contributed by atoms with Crippen molar-refractivity contribution in [3.63, 3.8) is 0 Å². The zero-order valence-electron chi connectivity index (χ0n) is 16.7. The van der Waals surface area contributed by atoms with E-state index in [1.807, 2.05) is 18.0 Å². The summed E-state index contributed by atoms with van der Waals surface area (Å²) in [5.74, 6) is 3.13. The molecule has 0 aromatic carbocycles. The highest BCUT2D eigenvalue weighted by Crippen LogP contribution is 2.26. The van der Waals surface area contributed by atoms with E-state index in [4.69, 9.17) is 0 Å². The number of aromatic nitrogens is 5. The van der Waals surface area contributed by atoms with Crippen LogP contribution in [0.2, 0.25) is 0 Å². The number of imidazole rings is 1. The highest BCUT2D eigenvalue weighted by atomic mass is 16.2.